The van der Waals surface area contributed by atoms with Crippen molar-refractivity contribution in [3.05, 3.63) is 193 Å². The smallest absolute Gasteiger partial charge is 0.169 e. The second kappa shape index (κ2) is 33.0. The number of para-hydroxylation sites is 1. The summed E-state index contributed by atoms with van der Waals surface area (Å²) in [6.45, 7) is 12.0. The molecule has 18 heteroatoms. The molecular weight excluding hydrogens is 1080 g/mol. The molecule has 440 valence electrons. The highest BCUT2D eigenvalue weighted by Crippen LogP contribution is 2.40. The average Bonchev–Trinajstić information content (AvgIpc) is 4.63. The fraction of sp³-hybridized carbons (Fsp3) is 0.338. The van der Waals surface area contributed by atoms with Crippen molar-refractivity contribution < 1.29 is 57.5 Å². The van der Waals surface area contributed by atoms with Crippen LogP contribution in [0.25, 0.3) is 0 Å². The molecule has 6 aliphatic rings. The minimum Gasteiger partial charge on any atom is -0.504 e. The number of oxime groups is 3. The van der Waals surface area contributed by atoms with E-state index >= 15 is 0 Å². The molecule has 3 unspecified atom stereocenters. The van der Waals surface area contributed by atoms with Gasteiger partial charge >= 0.3 is 0 Å². The molecule has 0 saturated carbocycles. The number of hydrogen-bond donors (Lipinski definition) is 1. The van der Waals surface area contributed by atoms with E-state index in [1.165, 1.54) is 7.11 Å². The van der Waals surface area contributed by atoms with Gasteiger partial charge < -0.3 is 57.5 Å². The largest absolute Gasteiger partial charge is 0.504 e. The average molecular weight is 1150 g/mol. The summed E-state index contributed by atoms with van der Waals surface area (Å²) in [7, 11) is 4.78. The van der Waals surface area contributed by atoms with Crippen molar-refractivity contribution in [2.75, 3.05) is 61.0 Å². The summed E-state index contributed by atoms with van der Waals surface area (Å²) in [4.78, 5) is 24.6. The molecule has 3 atom stereocenters. The second-order valence-corrected chi connectivity index (χ2v) is 18.9. The van der Waals surface area contributed by atoms with Gasteiger partial charge in [-0.15, -0.1) is 12.4 Å². The van der Waals surface area contributed by atoms with Crippen molar-refractivity contribution in [2.45, 2.75) is 83.0 Å². The van der Waals surface area contributed by atoms with Crippen LogP contribution in [0.5, 0.6) is 46.0 Å². The van der Waals surface area contributed by atoms with Gasteiger partial charge in [-0.05, 0) is 91.0 Å². The first-order chi connectivity index (χ1) is 40.3. The molecule has 13 rings (SSSR count). The van der Waals surface area contributed by atoms with Crippen molar-refractivity contribution >= 4 is 29.5 Å². The van der Waals surface area contributed by atoms with E-state index in [2.05, 4.69) is 25.4 Å². The van der Waals surface area contributed by atoms with Crippen LogP contribution in [-0.2, 0) is 28.7 Å². The SMILES string of the molecule is CC.CC.COc1ccc(C2=NOC3(CCOC3)C2)cc1O.COc1ccc(C2=NOC3(CCOC3)C2)cc1Oc1ccccc1.COc1ccc(C2=NOC3(CCOC3)C2)cc1Oc1ccncc1.Cl.c1ccccc1.c1ccncc1. The van der Waals surface area contributed by atoms with Crippen LogP contribution in [0.15, 0.2) is 192 Å². The lowest BCUT2D eigenvalue weighted by Crippen LogP contribution is -2.29. The van der Waals surface area contributed by atoms with Gasteiger partial charge in [0.05, 0.1) is 78.1 Å². The van der Waals surface area contributed by atoms with Crippen LogP contribution >= 0.6 is 12.4 Å². The van der Waals surface area contributed by atoms with E-state index < -0.39 is 0 Å². The van der Waals surface area contributed by atoms with Gasteiger partial charge in [-0.2, -0.15) is 0 Å². The number of rotatable bonds is 10. The zero-order valence-electron chi connectivity index (χ0n) is 48.3. The number of pyridine rings is 2. The predicted octanol–water partition coefficient (Wildman–Crippen LogP) is 13.9. The number of phenols is 1. The number of hydrogen-bond acceptors (Lipinski definition) is 17. The minimum absolute atomic E-state index is 0. The molecule has 17 nitrogen and oxygen atoms in total. The van der Waals surface area contributed by atoms with E-state index in [9.17, 15) is 5.11 Å². The number of methoxy groups -OCH3 is 3. The van der Waals surface area contributed by atoms with Crippen LogP contribution in [0.1, 0.15) is 82.9 Å². The normalized spacial score (nSPS) is 19.9. The van der Waals surface area contributed by atoms with Gasteiger partial charge in [-0.1, -0.05) is 104 Å². The molecule has 6 aliphatic heterocycles. The third-order valence-corrected chi connectivity index (χ3v) is 13.3. The van der Waals surface area contributed by atoms with Gasteiger partial charge in [0.1, 0.15) is 11.5 Å². The Balaban J connectivity index is 0.000000176. The summed E-state index contributed by atoms with van der Waals surface area (Å²) in [5.41, 5.74) is 4.61. The minimum atomic E-state index is -0.290. The van der Waals surface area contributed by atoms with Gasteiger partial charge in [-0.3, -0.25) is 9.97 Å². The fourth-order valence-electron chi connectivity index (χ4n) is 9.02. The van der Waals surface area contributed by atoms with E-state index in [-0.39, 0.29) is 35.0 Å². The Kier molecular flexibility index (Phi) is 25.4. The zero-order chi connectivity index (χ0) is 57.9. The summed E-state index contributed by atoms with van der Waals surface area (Å²) in [6.07, 6.45) is 11.7. The third-order valence-electron chi connectivity index (χ3n) is 13.3. The van der Waals surface area contributed by atoms with Gasteiger partial charge in [0.15, 0.2) is 51.3 Å². The van der Waals surface area contributed by atoms with Crippen LogP contribution in [0.4, 0.5) is 0 Å². The van der Waals surface area contributed by atoms with Crippen molar-refractivity contribution in [1.82, 2.24) is 9.97 Å². The zero-order valence-corrected chi connectivity index (χ0v) is 49.1. The molecule has 0 amide bonds. The van der Waals surface area contributed by atoms with Gasteiger partial charge in [-0.25, -0.2) is 0 Å². The lowest BCUT2D eigenvalue weighted by Gasteiger charge is -2.17. The molecule has 3 fully saturated rings. The van der Waals surface area contributed by atoms with Gasteiger partial charge in [0.2, 0.25) is 0 Å². The standard InChI is InChI=1S/C19H19NO4.C18H18N2O4.C13H15NO4.C6H6.C5H5N.2C2H6.ClH/c1-21-17-8-7-14(11-18(17)23-15-5-3-2-4-6-15)16-12-19(24-20-16)9-10-22-13-19;1-21-16-3-2-13(10-17(16)23-14-4-7-19-8-5-14)15-11-18(24-20-15)6-9-22-12-18;1-16-12-3-2-9(6-11(12)15)10-7-13(18-14-10)4-5-17-8-13;2*1-2-4-6-5-3-1;2*1-2;/h2-8,11H,9-10,12-13H2,1H3;2-5,7-8,10H,6,9,11-12H2,1H3;2-3,6,15H,4-5,7-8H2,1H3;1-6H;1-5H;2*1-2H3;1H. The van der Waals surface area contributed by atoms with E-state index in [1.54, 1.807) is 63.3 Å². The van der Waals surface area contributed by atoms with Crippen LogP contribution in [0, 0.1) is 0 Å². The molecule has 0 aliphatic carbocycles. The molecule has 2 aromatic heterocycles. The fourth-order valence-corrected chi connectivity index (χ4v) is 9.02. The first-order valence-electron chi connectivity index (χ1n) is 27.7. The van der Waals surface area contributed by atoms with Crippen molar-refractivity contribution in [3.8, 4) is 46.0 Å². The second-order valence-electron chi connectivity index (χ2n) is 18.9. The maximum atomic E-state index is 9.76. The number of nitrogens with zero attached hydrogens (tertiary/aromatic N) is 5. The first kappa shape index (κ1) is 64.0. The van der Waals surface area contributed by atoms with Crippen molar-refractivity contribution in [2.24, 2.45) is 15.5 Å². The summed E-state index contributed by atoms with van der Waals surface area (Å²) >= 11 is 0. The summed E-state index contributed by atoms with van der Waals surface area (Å²) in [5.74, 6) is 4.66. The highest BCUT2D eigenvalue weighted by molar-refractivity contribution is 6.03. The lowest BCUT2D eigenvalue weighted by atomic mass is 9.93. The predicted molar refractivity (Wildman–Crippen MR) is 323 cm³/mol. The van der Waals surface area contributed by atoms with Crippen molar-refractivity contribution in [3.63, 3.8) is 0 Å². The molecule has 8 heterocycles. The third kappa shape index (κ3) is 18.1. The van der Waals surface area contributed by atoms with Crippen LogP contribution < -0.4 is 23.7 Å². The Hall–Kier alpha value is -8.22. The Bertz CT molecular complexity index is 2870. The molecule has 83 heavy (non-hydrogen) atoms. The number of ether oxygens (including phenoxy) is 8. The Morgan fingerprint density at radius 3 is 1.08 bits per heavy atom. The van der Waals surface area contributed by atoms with Gasteiger partial charge in [0, 0.05) is 80.0 Å². The quantitative estimate of drug-likeness (QED) is 0.136. The Morgan fingerprint density at radius 2 is 0.747 bits per heavy atom. The molecule has 0 bridgehead atoms. The molecule has 7 aromatic rings. The first-order valence-corrected chi connectivity index (χ1v) is 27.7. The van der Waals surface area contributed by atoms with Gasteiger partial charge in [0.25, 0.3) is 0 Å². The molecule has 3 saturated heterocycles. The lowest BCUT2D eigenvalue weighted by molar-refractivity contribution is -0.0238. The summed E-state index contributed by atoms with van der Waals surface area (Å²) in [5, 5.41) is 22.4. The van der Waals surface area contributed by atoms with Crippen LogP contribution in [0.2, 0.25) is 0 Å². The number of phenolic OH excluding ortho intramolecular Hbond substituents is 1. The van der Waals surface area contributed by atoms with E-state index in [0.717, 1.165) is 97.9 Å². The molecular formula is C65H76ClN5O12. The summed E-state index contributed by atoms with van der Waals surface area (Å²) < 4.78 is 44.0. The maximum Gasteiger partial charge on any atom is 0.169 e. The number of benzene rings is 5. The maximum absolute atomic E-state index is 9.76. The molecule has 3 spiro atoms. The topological polar surface area (TPSA) is 185 Å². The van der Waals surface area contributed by atoms with E-state index in [1.807, 2.05) is 155 Å². The number of aromatic nitrogens is 2. The van der Waals surface area contributed by atoms with Crippen LogP contribution in [0.3, 0.4) is 0 Å². The molecule has 0 radical (unpaired) electrons. The monoisotopic (exact) mass is 1150 g/mol. The Labute approximate surface area is 493 Å². The highest BCUT2D eigenvalue weighted by atomic mass is 35.5. The summed E-state index contributed by atoms with van der Waals surface area (Å²) in [6, 6.07) is 47.8. The number of aromatic hydroxyl groups is 1. The van der Waals surface area contributed by atoms with E-state index in [4.69, 9.17) is 52.4 Å². The highest BCUT2D eigenvalue weighted by Gasteiger charge is 2.45. The van der Waals surface area contributed by atoms with Crippen molar-refractivity contribution in [1.29, 1.82) is 0 Å². The van der Waals surface area contributed by atoms with Crippen LogP contribution in [-0.4, -0.2) is 110 Å². The molecule has 1 N–H and O–H groups in total. The van der Waals surface area contributed by atoms with E-state index in [0.29, 0.717) is 54.3 Å². The molecule has 5 aromatic carbocycles. The Morgan fingerprint density at radius 1 is 0.398 bits per heavy atom. The number of halogens is 1.